The lowest BCUT2D eigenvalue weighted by Gasteiger charge is -2.21. The molecule has 0 bridgehead atoms. The van der Waals surface area contributed by atoms with E-state index in [4.69, 9.17) is 5.73 Å². The molecule has 0 heterocycles. The van der Waals surface area contributed by atoms with Crippen LogP contribution in [0.2, 0.25) is 0 Å². The smallest absolute Gasteiger partial charge is 0.241 e. The minimum atomic E-state index is -3.63. The Kier molecular flexibility index (Phi) is 5.67. The number of hydrogen-bond donors (Lipinski definition) is 3. The van der Waals surface area contributed by atoms with Crippen LogP contribution in [-0.2, 0) is 14.8 Å². The number of benzene rings is 1. The quantitative estimate of drug-likeness (QED) is 0.754. The molecule has 0 radical (unpaired) electrons. The maximum atomic E-state index is 12.4. The summed E-state index contributed by atoms with van der Waals surface area (Å²) < 4.78 is 27.4. The summed E-state index contributed by atoms with van der Waals surface area (Å²) in [4.78, 5) is 12.6. The number of nitrogens with one attached hydrogen (secondary N) is 2. The Balaban J connectivity index is 2.15. The third-order valence-corrected chi connectivity index (χ3v) is 5.91. The number of carbonyl (C=O) groups excluding carboxylic acids is 1. The first-order valence-corrected chi connectivity index (χ1v) is 9.76. The van der Waals surface area contributed by atoms with Gasteiger partial charge in [-0.05, 0) is 64.3 Å². The lowest BCUT2D eigenvalue weighted by molar-refractivity contribution is -0.120. The van der Waals surface area contributed by atoms with Gasteiger partial charge < -0.3 is 11.1 Å². The van der Waals surface area contributed by atoms with Crippen LogP contribution in [0.5, 0.6) is 0 Å². The molecule has 4 N–H and O–H groups in total. The van der Waals surface area contributed by atoms with Gasteiger partial charge in [0.05, 0.1) is 4.90 Å². The number of anilines is 1. The summed E-state index contributed by atoms with van der Waals surface area (Å²) in [6, 6.07) is 6.32. The molecule has 1 saturated carbocycles. The summed E-state index contributed by atoms with van der Waals surface area (Å²) in [5.41, 5.74) is 5.64. The highest BCUT2D eigenvalue weighted by atomic mass is 32.2. The van der Waals surface area contributed by atoms with Crippen molar-refractivity contribution in [1.82, 2.24) is 4.72 Å². The number of amides is 1. The highest BCUT2D eigenvalue weighted by Crippen LogP contribution is 2.32. The van der Waals surface area contributed by atoms with Gasteiger partial charge in [0.15, 0.2) is 0 Å². The average molecular weight is 353 g/mol. The molecule has 7 heteroatoms. The summed E-state index contributed by atoms with van der Waals surface area (Å²) >= 11 is 0. The molecule has 0 unspecified atom stereocenters. The molecule has 1 aromatic carbocycles. The highest BCUT2D eigenvalue weighted by molar-refractivity contribution is 7.89. The molecule has 1 aliphatic rings. The van der Waals surface area contributed by atoms with Gasteiger partial charge in [-0.25, -0.2) is 13.1 Å². The third-order valence-electron chi connectivity index (χ3n) is 4.15. The summed E-state index contributed by atoms with van der Waals surface area (Å²) in [5.74, 6) is 0.0312. The van der Waals surface area contributed by atoms with E-state index in [0.29, 0.717) is 12.2 Å². The normalized spacial score (nSPS) is 21.7. The van der Waals surface area contributed by atoms with E-state index in [1.54, 1.807) is 32.9 Å². The number of carbonyl (C=O) groups is 1. The Hall–Kier alpha value is -1.44. The van der Waals surface area contributed by atoms with Crippen molar-refractivity contribution in [3.8, 4) is 0 Å². The molecule has 2 atom stereocenters. The van der Waals surface area contributed by atoms with Crippen molar-refractivity contribution >= 4 is 21.6 Å². The number of sulfonamides is 1. The van der Waals surface area contributed by atoms with Crippen LogP contribution in [0.1, 0.15) is 40.0 Å². The van der Waals surface area contributed by atoms with Gasteiger partial charge in [-0.3, -0.25) is 4.79 Å². The maximum Gasteiger partial charge on any atom is 0.241 e. The Morgan fingerprint density at radius 3 is 2.62 bits per heavy atom. The lowest BCUT2D eigenvalue weighted by atomic mass is 9.95. The van der Waals surface area contributed by atoms with Gasteiger partial charge in [-0.1, -0.05) is 12.5 Å². The fourth-order valence-corrected chi connectivity index (χ4v) is 4.57. The fraction of sp³-hybridized carbons (Fsp3) is 0.588. The van der Waals surface area contributed by atoms with Crippen LogP contribution in [0, 0.1) is 11.8 Å². The molecule has 0 aliphatic heterocycles. The van der Waals surface area contributed by atoms with Gasteiger partial charge in [0.2, 0.25) is 15.9 Å². The first-order valence-electron chi connectivity index (χ1n) is 8.27. The van der Waals surface area contributed by atoms with Crippen LogP contribution in [0.25, 0.3) is 0 Å². The SMILES string of the molecule is CC(C)(C)NS(=O)(=O)c1cccc(NC(=O)[C@@H]2CCC[C@@H]2CN)c1. The molecule has 0 saturated heterocycles. The van der Waals surface area contributed by atoms with E-state index in [-0.39, 0.29) is 22.6 Å². The Bertz CT molecular complexity index is 695. The predicted octanol–water partition coefficient (Wildman–Crippen LogP) is 2.08. The molecule has 1 aromatic rings. The van der Waals surface area contributed by atoms with Gasteiger partial charge in [-0.15, -0.1) is 0 Å². The van der Waals surface area contributed by atoms with Gasteiger partial charge in [-0.2, -0.15) is 0 Å². The van der Waals surface area contributed by atoms with E-state index in [1.165, 1.54) is 12.1 Å². The summed E-state index contributed by atoms with van der Waals surface area (Å²) in [6.07, 6.45) is 2.81. The van der Waals surface area contributed by atoms with Crippen LogP contribution in [-0.4, -0.2) is 26.4 Å². The van der Waals surface area contributed by atoms with Crippen molar-refractivity contribution in [2.75, 3.05) is 11.9 Å². The van der Waals surface area contributed by atoms with Crippen LogP contribution in [0.3, 0.4) is 0 Å². The fourth-order valence-electron chi connectivity index (χ4n) is 3.10. The molecular formula is C17H27N3O3S. The topological polar surface area (TPSA) is 101 Å². The van der Waals surface area contributed by atoms with Crippen LogP contribution in [0.15, 0.2) is 29.2 Å². The van der Waals surface area contributed by atoms with Gasteiger partial charge in [0.1, 0.15) is 0 Å². The highest BCUT2D eigenvalue weighted by Gasteiger charge is 2.32. The average Bonchev–Trinajstić information content (AvgIpc) is 2.93. The lowest BCUT2D eigenvalue weighted by Crippen LogP contribution is -2.40. The Labute approximate surface area is 144 Å². The van der Waals surface area contributed by atoms with Gasteiger partial charge in [0.25, 0.3) is 0 Å². The Morgan fingerprint density at radius 1 is 1.29 bits per heavy atom. The zero-order chi connectivity index (χ0) is 18.0. The first-order chi connectivity index (χ1) is 11.1. The minimum Gasteiger partial charge on any atom is -0.330 e. The zero-order valence-corrected chi connectivity index (χ0v) is 15.3. The number of nitrogens with two attached hydrogens (primary N) is 1. The second kappa shape index (κ2) is 7.21. The molecule has 1 amide bonds. The van der Waals surface area contributed by atoms with Crippen molar-refractivity contribution in [3.63, 3.8) is 0 Å². The predicted molar refractivity (Wildman–Crippen MR) is 95.0 cm³/mol. The van der Waals surface area contributed by atoms with Crippen LogP contribution in [0.4, 0.5) is 5.69 Å². The summed E-state index contributed by atoms with van der Waals surface area (Å²) in [6.45, 7) is 5.84. The van der Waals surface area contributed by atoms with Crippen molar-refractivity contribution < 1.29 is 13.2 Å². The standard InChI is InChI=1S/C17H27N3O3S/c1-17(2,3)20-24(22,23)14-8-5-7-13(10-14)19-16(21)15-9-4-6-12(15)11-18/h5,7-8,10,12,15,20H,4,6,9,11,18H2,1-3H3,(H,19,21)/t12-,15-/m1/s1. The summed E-state index contributed by atoms with van der Waals surface area (Å²) in [7, 11) is -3.63. The van der Waals surface area contributed by atoms with E-state index in [2.05, 4.69) is 10.0 Å². The largest absolute Gasteiger partial charge is 0.330 e. The molecular weight excluding hydrogens is 326 g/mol. The van der Waals surface area contributed by atoms with E-state index < -0.39 is 15.6 Å². The second-order valence-electron chi connectivity index (χ2n) is 7.41. The van der Waals surface area contributed by atoms with Gasteiger partial charge >= 0.3 is 0 Å². The minimum absolute atomic E-state index is 0.0821. The van der Waals surface area contributed by atoms with E-state index >= 15 is 0 Å². The first kappa shape index (κ1) is 18.9. The van der Waals surface area contributed by atoms with Crippen molar-refractivity contribution in [2.45, 2.75) is 50.5 Å². The van der Waals surface area contributed by atoms with Crippen molar-refractivity contribution in [3.05, 3.63) is 24.3 Å². The molecule has 0 spiro atoms. The Morgan fingerprint density at radius 2 is 2.00 bits per heavy atom. The van der Waals surface area contributed by atoms with Crippen LogP contribution < -0.4 is 15.8 Å². The maximum absolute atomic E-state index is 12.4. The molecule has 6 nitrogen and oxygen atoms in total. The van der Waals surface area contributed by atoms with E-state index in [1.807, 2.05) is 0 Å². The number of hydrogen-bond acceptors (Lipinski definition) is 4. The van der Waals surface area contributed by atoms with E-state index in [9.17, 15) is 13.2 Å². The van der Waals surface area contributed by atoms with Gasteiger partial charge in [0, 0.05) is 17.1 Å². The second-order valence-corrected chi connectivity index (χ2v) is 9.09. The molecule has 134 valence electrons. The van der Waals surface area contributed by atoms with E-state index in [0.717, 1.165) is 19.3 Å². The van der Waals surface area contributed by atoms with Crippen molar-refractivity contribution in [2.24, 2.45) is 17.6 Å². The summed E-state index contributed by atoms with van der Waals surface area (Å²) in [5, 5.41) is 2.84. The third kappa shape index (κ3) is 4.78. The molecule has 2 rings (SSSR count). The molecule has 1 aliphatic carbocycles. The zero-order valence-electron chi connectivity index (χ0n) is 14.5. The molecule has 1 fully saturated rings. The van der Waals surface area contributed by atoms with Crippen LogP contribution >= 0.6 is 0 Å². The van der Waals surface area contributed by atoms with Crippen molar-refractivity contribution in [1.29, 1.82) is 0 Å². The molecule has 0 aromatic heterocycles. The number of rotatable bonds is 5. The monoisotopic (exact) mass is 353 g/mol. The molecule has 24 heavy (non-hydrogen) atoms.